The van der Waals surface area contributed by atoms with Gasteiger partial charge < -0.3 is 37.5 Å². The number of nitrogens with zero attached hydrogens (tertiary/aromatic N) is 3. The van der Waals surface area contributed by atoms with E-state index < -0.39 is 35.4 Å². The van der Waals surface area contributed by atoms with Crippen molar-refractivity contribution in [1.82, 2.24) is 15.0 Å². The van der Waals surface area contributed by atoms with Crippen molar-refractivity contribution in [3.63, 3.8) is 0 Å². The maximum absolute atomic E-state index is 12.3. The molecule has 9 N–H and O–H groups in total. The van der Waals surface area contributed by atoms with Crippen LogP contribution in [0.25, 0.3) is 0 Å². The van der Waals surface area contributed by atoms with E-state index in [1.54, 1.807) is 0 Å². The molecule has 1 saturated heterocycles. The number of unbranched alkanes of at least 4 members (excludes halogenated alkanes) is 1. The van der Waals surface area contributed by atoms with Crippen molar-refractivity contribution in [2.24, 2.45) is 22.9 Å². The summed E-state index contributed by atoms with van der Waals surface area (Å²) in [5.74, 6) is -2.61. The maximum atomic E-state index is 12.3. The number of aromatic nitrogens is 2. The normalized spacial score (nSPS) is 21.1. The van der Waals surface area contributed by atoms with E-state index in [0.717, 1.165) is 17.7 Å². The van der Waals surface area contributed by atoms with Crippen molar-refractivity contribution < 1.29 is 24.0 Å². The topological polar surface area (TPSA) is 218 Å². The zero-order valence-electron chi connectivity index (χ0n) is 16.2. The number of aliphatic carboxylic acids is 1. The van der Waals surface area contributed by atoms with Crippen LogP contribution < -0.4 is 22.9 Å². The van der Waals surface area contributed by atoms with E-state index in [2.05, 4.69) is 10.1 Å². The molecule has 0 aliphatic carbocycles. The summed E-state index contributed by atoms with van der Waals surface area (Å²) in [6.07, 6.45) is 2.62. The van der Waals surface area contributed by atoms with Gasteiger partial charge in [-0.2, -0.15) is 4.98 Å². The molecule has 1 aromatic heterocycles. The number of carbonyl (C=O) groups is 3. The van der Waals surface area contributed by atoms with Gasteiger partial charge in [-0.1, -0.05) is 11.6 Å². The van der Waals surface area contributed by atoms with Gasteiger partial charge in [0.2, 0.25) is 11.8 Å². The molecule has 1 aliphatic rings. The number of hydrogen-bond donors (Lipinski definition) is 5. The second-order valence-electron chi connectivity index (χ2n) is 7.26. The van der Waals surface area contributed by atoms with Crippen LogP contribution in [0.15, 0.2) is 4.52 Å². The second-order valence-corrected chi connectivity index (χ2v) is 7.26. The van der Waals surface area contributed by atoms with Gasteiger partial charge in [-0.15, -0.1) is 0 Å². The molecule has 2 heterocycles. The van der Waals surface area contributed by atoms with Crippen LogP contribution in [0.2, 0.25) is 0 Å². The molecule has 1 fully saturated rings. The summed E-state index contributed by atoms with van der Waals surface area (Å²) in [5, 5.41) is 13.9. The third-order valence-electron chi connectivity index (χ3n) is 5.37. The van der Waals surface area contributed by atoms with Crippen LogP contribution in [0.5, 0.6) is 0 Å². The van der Waals surface area contributed by atoms with Crippen molar-refractivity contribution in [2.45, 2.75) is 62.4 Å². The van der Waals surface area contributed by atoms with Crippen LogP contribution in [-0.2, 0) is 9.59 Å². The molecule has 0 radical (unpaired) electrons. The van der Waals surface area contributed by atoms with E-state index in [0.29, 0.717) is 19.4 Å². The van der Waals surface area contributed by atoms with Gasteiger partial charge in [-0.3, -0.25) is 4.79 Å². The number of urea groups is 1. The lowest BCUT2D eigenvalue weighted by atomic mass is 9.78. The highest BCUT2D eigenvalue weighted by atomic mass is 16.5. The Kier molecular flexibility index (Phi) is 7.51. The average Bonchev–Trinajstić information content (AvgIpc) is 3.30. The lowest BCUT2D eigenvalue weighted by molar-refractivity contribution is -0.150. The highest BCUT2D eigenvalue weighted by Crippen LogP contribution is 2.44. The van der Waals surface area contributed by atoms with E-state index in [9.17, 15) is 19.5 Å². The molecule has 2 rings (SSSR count). The molecule has 0 spiro atoms. The van der Waals surface area contributed by atoms with Crippen molar-refractivity contribution in [3.05, 3.63) is 11.7 Å². The molecular formula is C17H29N7O5. The molecule has 29 heavy (non-hydrogen) atoms. The SMILES string of the molecule is NCCCCC(N)c1noc(C(CCC(N)=O)[C@@]2(C(=O)O)CCCN2C(N)=O)n1. The molecule has 0 aromatic carbocycles. The van der Waals surface area contributed by atoms with Gasteiger partial charge in [0, 0.05) is 13.0 Å². The molecule has 1 aromatic rings. The van der Waals surface area contributed by atoms with Gasteiger partial charge in [0.25, 0.3) is 0 Å². The number of likely N-dealkylation sites (tertiary alicyclic amines) is 1. The van der Waals surface area contributed by atoms with E-state index >= 15 is 0 Å². The highest BCUT2D eigenvalue weighted by molar-refractivity contribution is 5.87. The molecular weight excluding hydrogens is 382 g/mol. The third kappa shape index (κ3) is 4.82. The standard InChI is InChI=1S/C17H29N7O5/c18-8-2-1-4-11(19)13-22-14(29-23-13)10(5-6-12(20)25)17(15(26)27)7-3-9-24(17)16(21)28/h10-11H,1-9,18-19H2,(H2,20,25)(H2,21,28)(H,26,27)/t10?,11?,17-/m1/s1. The fourth-order valence-electron chi connectivity index (χ4n) is 3.91. The number of nitrogens with two attached hydrogens (primary N) is 4. The number of primary amides is 2. The van der Waals surface area contributed by atoms with Gasteiger partial charge in [-0.25, -0.2) is 9.59 Å². The Hall–Kier alpha value is -2.73. The maximum Gasteiger partial charge on any atom is 0.330 e. The summed E-state index contributed by atoms with van der Waals surface area (Å²) in [6, 6.07) is -1.38. The number of amides is 3. The van der Waals surface area contributed by atoms with E-state index in [4.69, 9.17) is 27.5 Å². The minimum absolute atomic E-state index is 0.00826. The first-order valence-corrected chi connectivity index (χ1v) is 9.62. The number of carbonyl (C=O) groups excluding carboxylic acids is 2. The fourth-order valence-corrected chi connectivity index (χ4v) is 3.91. The number of carboxylic acids is 1. The Morgan fingerprint density at radius 3 is 2.55 bits per heavy atom. The first-order valence-electron chi connectivity index (χ1n) is 9.62. The Balaban J connectivity index is 2.38. The van der Waals surface area contributed by atoms with Gasteiger partial charge in [0.15, 0.2) is 11.4 Å². The molecule has 12 nitrogen and oxygen atoms in total. The summed E-state index contributed by atoms with van der Waals surface area (Å²) in [7, 11) is 0. The monoisotopic (exact) mass is 411 g/mol. The Bertz CT molecular complexity index is 740. The molecule has 12 heteroatoms. The van der Waals surface area contributed by atoms with Gasteiger partial charge >= 0.3 is 12.0 Å². The first kappa shape index (κ1) is 22.6. The van der Waals surface area contributed by atoms with E-state index in [-0.39, 0.29) is 37.5 Å². The highest BCUT2D eigenvalue weighted by Gasteiger charge is 2.57. The molecule has 162 valence electrons. The minimum Gasteiger partial charge on any atom is -0.479 e. The van der Waals surface area contributed by atoms with Crippen LogP contribution in [-0.4, -0.2) is 56.7 Å². The molecule has 3 amide bonds. The van der Waals surface area contributed by atoms with Crippen LogP contribution >= 0.6 is 0 Å². The lowest BCUT2D eigenvalue weighted by Crippen LogP contribution is -2.58. The summed E-state index contributed by atoms with van der Waals surface area (Å²) in [5.41, 5.74) is 20.6. The van der Waals surface area contributed by atoms with Gasteiger partial charge in [-0.05, 0) is 38.6 Å². The van der Waals surface area contributed by atoms with Crippen molar-refractivity contribution in [2.75, 3.05) is 13.1 Å². The molecule has 0 bridgehead atoms. The number of carboxylic acid groups (broad SMARTS) is 1. The summed E-state index contributed by atoms with van der Waals surface area (Å²) >= 11 is 0. The zero-order valence-corrected chi connectivity index (χ0v) is 16.2. The zero-order chi connectivity index (χ0) is 21.6. The summed E-state index contributed by atoms with van der Waals surface area (Å²) in [6.45, 7) is 0.720. The van der Waals surface area contributed by atoms with Gasteiger partial charge in [0.05, 0.1) is 12.0 Å². The number of hydrogen-bond acceptors (Lipinski definition) is 8. The molecule has 2 unspecified atom stereocenters. The quantitative estimate of drug-likeness (QED) is 0.297. The van der Waals surface area contributed by atoms with Crippen molar-refractivity contribution in [1.29, 1.82) is 0 Å². The third-order valence-corrected chi connectivity index (χ3v) is 5.37. The second kappa shape index (κ2) is 9.65. The smallest absolute Gasteiger partial charge is 0.330 e. The van der Waals surface area contributed by atoms with Crippen LogP contribution in [0.4, 0.5) is 4.79 Å². The number of rotatable bonds is 11. The van der Waals surface area contributed by atoms with E-state index in [1.165, 1.54) is 0 Å². The average molecular weight is 411 g/mol. The first-order chi connectivity index (χ1) is 13.7. The lowest BCUT2D eigenvalue weighted by Gasteiger charge is -2.38. The van der Waals surface area contributed by atoms with Crippen LogP contribution in [0, 0.1) is 0 Å². The van der Waals surface area contributed by atoms with Crippen molar-refractivity contribution >= 4 is 17.9 Å². The Morgan fingerprint density at radius 2 is 1.97 bits per heavy atom. The van der Waals surface area contributed by atoms with Crippen LogP contribution in [0.1, 0.15) is 68.6 Å². The summed E-state index contributed by atoms with van der Waals surface area (Å²) < 4.78 is 5.34. The predicted octanol–water partition coefficient (Wildman–Crippen LogP) is -0.455. The predicted molar refractivity (Wildman–Crippen MR) is 101 cm³/mol. The van der Waals surface area contributed by atoms with Crippen molar-refractivity contribution in [3.8, 4) is 0 Å². The minimum atomic E-state index is -1.70. The molecule has 3 atom stereocenters. The molecule has 1 aliphatic heterocycles. The summed E-state index contributed by atoms with van der Waals surface area (Å²) in [4.78, 5) is 41.0. The molecule has 0 saturated carbocycles. The van der Waals surface area contributed by atoms with Gasteiger partial charge in [0.1, 0.15) is 0 Å². The van der Waals surface area contributed by atoms with Crippen LogP contribution in [0.3, 0.4) is 0 Å². The largest absolute Gasteiger partial charge is 0.479 e. The fraction of sp³-hybridized carbons (Fsp3) is 0.706. The Labute approximate surface area is 167 Å². The Morgan fingerprint density at radius 1 is 1.24 bits per heavy atom. The van der Waals surface area contributed by atoms with E-state index in [1.807, 2.05) is 0 Å².